The van der Waals surface area contributed by atoms with Crippen LogP contribution < -0.4 is 5.32 Å². The van der Waals surface area contributed by atoms with E-state index in [1.54, 1.807) is 0 Å². The molecule has 2 aromatic carbocycles. The second-order valence-electron chi connectivity index (χ2n) is 3.90. The number of benzene rings is 2. The number of nitrogens with one attached hydrogen (secondary N) is 1. The van der Waals surface area contributed by atoms with Crippen molar-refractivity contribution >= 4 is 39.1 Å². The van der Waals surface area contributed by atoms with Crippen molar-refractivity contribution in [3.63, 3.8) is 0 Å². The highest BCUT2D eigenvalue weighted by Gasteiger charge is 2.16. The Bertz CT molecular complexity index is 670. The number of anilines is 1. The van der Waals surface area contributed by atoms with E-state index in [1.165, 1.54) is 12.1 Å². The minimum atomic E-state index is -0.687. The molecule has 4 nitrogen and oxygen atoms in total. The number of hydrogen-bond acceptors (Lipinski definition) is 3. The van der Waals surface area contributed by atoms with E-state index in [9.17, 15) is 19.4 Å². The summed E-state index contributed by atoms with van der Waals surface area (Å²) in [5.74, 6) is -1.71. The van der Waals surface area contributed by atoms with Gasteiger partial charge in [0.1, 0.15) is 17.3 Å². The van der Waals surface area contributed by atoms with Crippen LogP contribution in [0.3, 0.4) is 0 Å². The van der Waals surface area contributed by atoms with Gasteiger partial charge >= 0.3 is 0 Å². The Kier molecular flexibility index (Phi) is 4.15. The molecule has 7 heteroatoms. The summed E-state index contributed by atoms with van der Waals surface area (Å²) >= 11 is 8.92. The lowest BCUT2D eigenvalue weighted by Gasteiger charge is -2.10. The summed E-state index contributed by atoms with van der Waals surface area (Å²) in [6, 6.07) is 5.72. The minimum Gasteiger partial charge on any atom is -0.508 e. The van der Waals surface area contributed by atoms with Gasteiger partial charge in [0, 0.05) is 4.47 Å². The predicted molar refractivity (Wildman–Crippen MR) is 76.8 cm³/mol. The van der Waals surface area contributed by atoms with Crippen LogP contribution in [0, 0.1) is 5.82 Å². The van der Waals surface area contributed by atoms with Crippen LogP contribution >= 0.6 is 27.5 Å². The fourth-order valence-corrected chi connectivity index (χ4v) is 2.45. The third-order valence-electron chi connectivity index (χ3n) is 2.47. The van der Waals surface area contributed by atoms with Crippen molar-refractivity contribution in [1.82, 2.24) is 0 Å². The molecule has 0 saturated heterocycles. The van der Waals surface area contributed by atoms with Crippen molar-refractivity contribution < 1.29 is 19.4 Å². The summed E-state index contributed by atoms with van der Waals surface area (Å²) in [6.45, 7) is 0. The van der Waals surface area contributed by atoms with Gasteiger partial charge in [-0.3, -0.25) is 4.79 Å². The van der Waals surface area contributed by atoms with Crippen LogP contribution in [-0.2, 0) is 0 Å². The van der Waals surface area contributed by atoms with Gasteiger partial charge < -0.3 is 15.5 Å². The Morgan fingerprint density at radius 3 is 2.60 bits per heavy atom. The fraction of sp³-hybridized carbons (Fsp3) is 0. The molecule has 0 bridgehead atoms. The topological polar surface area (TPSA) is 69.6 Å². The summed E-state index contributed by atoms with van der Waals surface area (Å²) in [5, 5.41) is 21.4. The van der Waals surface area contributed by atoms with Gasteiger partial charge in [-0.15, -0.1) is 0 Å². The molecule has 2 rings (SSSR count). The largest absolute Gasteiger partial charge is 0.508 e. The molecule has 0 aliphatic rings. The van der Waals surface area contributed by atoms with Crippen LogP contribution in [0.2, 0.25) is 5.02 Å². The van der Waals surface area contributed by atoms with E-state index < -0.39 is 11.7 Å². The SMILES string of the molecule is O=C(Nc1c(Cl)cc(F)cc1Br)c1cc(O)ccc1O. The van der Waals surface area contributed by atoms with Crippen LogP contribution in [0.5, 0.6) is 11.5 Å². The van der Waals surface area contributed by atoms with Crippen LogP contribution in [0.15, 0.2) is 34.8 Å². The highest BCUT2D eigenvalue weighted by atomic mass is 79.9. The Hall–Kier alpha value is -1.79. The Morgan fingerprint density at radius 2 is 1.95 bits per heavy atom. The van der Waals surface area contributed by atoms with Crippen LogP contribution in [0.25, 0.3) is 0 Å². The number of carbonyl (C=O) groups is 1. The van der Waals surface area contributed by atoms with Crippen LogP contribution in [0.4, 0.5) is 10.1 Å². The van der Waals surface area contributed by atoms with E-state index in [4.69, 9.17) is 11.6 Å². The molecule has 0 saturated carbocycles. The number of carbonyl (C=O) groups excluding carboxylic acids is 1. The molecule has 0 unspecified atom stereocenters. The molecule has 0 atom stereocenters. The van der Waals surface area contributed by atoms with Crippen molar-refractivity contribution in [1.29, 1.82) is 0 Å². The smallest absolute Gasteiger partial charge is 0.259 e. The van der Waals surface area contributed by atoms with Crippen molar-refractivity contribution in [2.24, 2.45) is 0 Å². The Labute approximate surface area is 126 Å². The maximum Gasteiger partial charge on any atom is 0.259 e. The number of amides is 1. The summed E-state index contributed by atoms with van der Waals surface area (Å²) in [7, 11) is 0. The molecule has 1 amide bonds. The quantitative estimate of drug-likeness (QED) is 0.711. The van der Waals surface area contributed by atoms with Crippen molar-refractivity contribution in [3.05, 3.63) is 51.2 Å². The lowest BCUT2D eigenvalue weighted by atomic mass is 10.1. The number of hydrogen-bond donors (Lipinski definition) is 3. The first-order valence-electron chi connectivity index (χ1n) is 5.36. The van der Waals surface area contributed by atoms with Gasteiger partial charge in [-0.2, -0.15) is 0 Å². The number of phenols is 2. The summed E-state index contributed by atoms with van der Waals surface area (Å²) in [5.41, 5.74) is 0.0399. The first-order valence-corrected chi connectivity index (χ1v) is 6.53. The molecule has 0 radical (unpaired) electrons. The lowest BCUT2D eigenvalue weighted by Crippen LogP contribution is -2.13. The molecule has 104 valence electrons. The second-order valence-corrected chi connectivity index (χ2v) is 5.16. The van der Waals surface area contributed by atoms with E-state index >= 15 is 0 Å². The van der Waals surface area contributed by atoms with Gasteiger partial charge in [-0.05, 0) is 46.3 Å². The van der Waals surface area contributed by atoms with Crippen molar-refractivity contribution in [2.45, 2.75) is 0 Å². The van der Waals surface area contributed by atoms with E-state index in [1.807, 2.05) is 0 Å². The van der Waals surface area contributed by atoms with Gasteiger partial charge in [0.05, 0.1) is 16.3 Å². The van der Waals surface area contributed by atoms with Gasteiger partial charge in [0.2, 0.25) is 0 Å². The normalized spacial score (nSPS) is 10.3. The molecule has 20 heavy (non-hydrogen) atoms. The van der Waals surface area contributed by atoms with Crippen molar-refractivity contribution in [3.8, 4) is 11.5 Å². The molecule has 0 spiro atoms. The minimum absolute atomic E-state index is 0.00451. The average molecular weight is 361 g/mol. The molecule has 2 aromatic rings. The van der Waals surface area contributed by atoms with Gasteiger partial charge in [0.15, 0.2) is 0 Å². The molecule has 0 aliphatic heterocycles. The Morgan fingerprint density at radius 1 is 1.25 bits per heavy atom. The van der Waals surface area contributed by atoms with Gasteiger partial charge in [0.25, 0.3) is 5.91 Å². The number of phenolic OH excluding ortho intramolecular Hbond substituents is 2. The fourth-order valence-electron chi connectivity index (χ4n) is 1.55. The average Bonchev–Trinajstić information content (AvgIpc) is 2.36. The summed E-state index contributed by atoms with van der Waals surface area (Å²) in [6.07, 6.45) is 0. The highest BCUT2D eigenvalue weighted by molar-refractivity contribution is 9.10. The molecule has 3 N–H and O–H groups in total. The molecule has 0 fully saturated rings. The van der Waals surface area contributed by atoms with E-state index in [0.29, 0.717) is 0 Å². The standard InChI is InChI=1S/C13H8BrClFNO3/c14-9-3-6(16)4-10(15)12(9)17-13(20)8-5-7(18)1-2-11(8)19/h1-5,18-19H,(H,17,20). The zero-order chi connectivity index (χ0) is 14.9. The molecule has 0 aliphatic carbocycles. The summed E-state index contributed by atoms with van der Waals surface area (Å²) in [4.78, 5) is 12.0. The number of aromatic hydroxyl groups is 2. The maximum atomic E-state index is 13.1. The Balaban J connectivity index is 2.35. The van der Waals surface area contributed by atoms with E-state index in [0.717, 1.165) is 18.2 Å². The third-order valence-corrected chi connectivity index (χ3v) is 3.39. The third kappa shape index (κ3) is 3.02. The number of rotatable bonds is 2. The zero-order valence-corrected chi connectivity index (χ0v) is 12.2. The number of halogens is 3. The van der Waals surface area contributed by atoms with Crippen LogP contribution in [-0.4, -0.2) is 16.1 Å². The summed E-state index contributed by atoms with van der Waals surface area (Å²) < 4.78 is 13.3. The molecular formula is C13H8BrClFNO3. The van der Waals surface area contributed by atoms with Crippen molar-refractivity contribution in [2.75, 3.05) is 5.32 Å². The van der Waals surface area contributed by atoms with Crippen LogP contribution in [0.1, 0.15) is 10.4 Å². The molecule has 0 aromatic heterocycles. The van der Waals surface area contributed by atoms with E-state index in [2.05, 4.69) is 21.2 Å². The zero-order valence-electron chi connectivity index (χ0n) is 9.82. The first kappa shape index (κ1) is 14.6. The van der Waals surface area contributed by atoms with E-state index in [-0.39, 0.29) is 32.2 Å². The highest BCUT2D eigenvalue weighted by Crippen LogP contribution is 2.33. The molecule has 0 heterocycles. The molecular weight excluding hydrogens is 353 g/mol. The first-order chi connectivity index (χ1) is 9.38. The lowest BCUT2D eigenvalue weighted by molar-refractivity contribution is 0.102. The van der Waals surface area contributed by atoms with Gasteiger partial charge in [-0.25, -0.2) is 4.39 Å². The predicted octanol–water partition coefficient (Wildman–Crippen LogP) is 3.91. The maximum absolute atomic E-state index is 13.1. The second kappa shape index (κ2) is 5.68. The monoisotopic (exact) mass is 359 g/mol. The van der Waals surface area contributed by atoms with Gasteiger partial charge in [-0.1, -0.05) is 11.6 Å².